The third kappa shape index (κ3) is 2.19. The molecule has 0 amide bonds. The molecule has 0 bridgehead atoms. The van der Waals surface area contributed by atoms with Crippen molar-refractivity contribution in [3.8, 4) is 0 Å². The molecule has 0 spiro atoms. The van der Waals surface area contributed by atoms with Crippen LogP contribution in [0, 0.1) is 10.1 Å². The van der Waals surface area contributed by atoms with Crippen LogP contribution in [-0.2, 0) is 10.3 Å². The molecule has 1 atom stereocenters. The van der Waals surface area contributed by atoms with Gasteiger partial charge in [0.05, 0.1) is 16.3 Å². The lowest BCUT2D eigenvalue weighted by atomic mass is 9.88. The van der Waals surface area contributed by atoms with Gasteiger partial charge in [0.15, 0.2) is 11.3 Å². The number of hydrogen-bond acceptors (Lipinski definition) is 5. The van der Waals surface area contributed by atoms with Crippen LogP contribution in [0.2, 0.25) is 0 Å². The van der Waals surface area contributed by atoms with Gasteiger partial charge in [-0.25, -0.2) is 0 Å². The minimum Gasteiger partial charge on any atom is -0.325 e. The van der Waals surface area contributed by atoms with Gasteiger partial charge in [-0.3, -0.25) is 19.9 Å². The van der Waals surface area contributed by atoms with Gasteiger partial charge < -0.3 is 4.90 Å². The van der Waals surface area contributed by atoms with Crippen LogP contribution >= 0.6 is 0 Å². The summed E-state index contributed by atoms with van der Waals surface area (Å²) in [5.41, 5.74) is 1.06. The van der Waals surface area contributed by atoms with Crippen molar-refractivity contribution in [1.82, 2.24) is 9.88 Å². The molecule has 25 heavy (non-hydrogen) atoms. The molecular formula is C19H13N3O3. The van der Waals surface area contributed by atoms with E-state index in [1.165, 1.54) is 12.1 Å². The highest BCUT2D eigenvalue weighted by atomic mass is 16.6. The zero-order valence-corrected chi connectivity index (χ0v) is 13.1. The number of fused-ring (bicyclic) bond motifs is 1. The van der Waals surface area contributed by atoms with Crippen molar-refractivity contribution >= 4 is 17.2 Å². The number of rotatable bonds is 3. The molecule has 0 radical (unpaired) electrons. The third-order valence-corrected chi connectivity index (χ3v) is 4.40. The number of ketones is 1. The largest absolute Gasteiger partial charge is 0.325 e. The number of carbonyl (C=O) groups excluding carboxylic acids is 1. The maximum atomic E-state index is 12.9. The monoisotopic (exact) mass is 331 g/mol. The average molecular weight is 331 g/mol. The summed E-state index contributed by atoms with van der Waals surface area (Å²) in [5, 5.41) is 10.8. The highest BCUT2D eigenvalue weighted by Crippen LogP contribution is 2.44. The fraction of sp³-hybridized carbons (Fsp3) is 0.0526. The van der Waals surface area contributed by atoms with E-state index in [0.29, 0.717) is 11.4 Å². The lowest BCUT2D eigenvalue weighted by Crippen LogP contribution is -2.43. The Morgan fingerprint density at radius 1 is 1.08 bits per heavy atom. The summed E-state index contributed by atoms with van der Waals surface area (Å²) in [4.78, 5) is 29.6. The van der Waals surface area contributed by atoms with Gasteiger partial charge in [-0.15, -0.1) is 0 Å². The highest BCUT2D eigenvalue weighted by molar-refractivity contribution is 6.10. The van der Waals surface area contributed by atoms with Gasteiger partial charge in [-0.05, 0) is 42.0 Å². The van der Waals surface area contributed by atoms with E-state index >= 15 is 0 Å². The van der Waals surface area contributed by atoms with Crippen molar-refractivity contribution in [1.29, 1.82) is 0 Å². The zero-order valence-electron chi connectivity index (χ0n) is 13.1. The van der Waals surface area contributed by atoms with E-state index in [9.17, 15) is 14.9 Å². The Balaban J connectivity index is 1.81. The van der Waals surface area contributed by atoms with E-state index in [-0.39, 0.29) is 11.5 Å². The Labute approximate surface area is 143 Å². The molecule has 1 aromatic carbocycles. The predicted molar refractivity (Wildman–Crippen MR) is 92.1 cm³/mol. The number of non-ortho nitro benzene ring substituents is 1. The quantitative estimate of drug-likeness (QED) is 0.638. The first kappa shape index (κ1) is 15.0. The van der Waals surface area contributed by atoms with Crippen LogP contribution in [0.1, 0.15) is 11.3 Å². The summed E-state index contributed by atoms with van der Waals surface area (Å²) in [6.45, 7) is 0. The Bertz CT molecular complexity index is 946. The van der Waals surface area contributed by atoms with E-state index in [0.717, 1.165) is 5.56 Å². The number of nitro benzene ring substituents is 1. The third-order valence-electron chi connectivity index (χ3n) is 4.40. The second kappa shape index (κ2) is 5.52. The second-order valence-electron chi connectivity index (χ2n) is 5.75. The number of benzene rings is 1. The minimum atomic E-state index is -1.01. The lowest BCUT2D eigenvalue weighted by Gasteiger charge is -2.37. The van der Waals surface area contributed by atoms with Crippen molar-refractivity contribution in [2.45, 2.75) is 5.54 Å². The topological polar surface area (TPSA) is 76.3 Å². The molecule has 3 heterocycles. The molecule has 0 saturated carbocycles. The fourth-order valence-electron chi connectivity index (χ4n) is 3.20. The van der Waals surface area contributed by atoms with E-state index in [2.05, 4.69) is 4.98 Å². The number of aromatic nitrogens is 1. The van der Waals surface area contributed by atoms with Crippen molar-refractivity contribution in [2.75, 3.05) is 0 Å². The summed E-state index contributed by atoms with van der Waals surface area (Å²) < 4.78 is 0. The zero-order chi connectivity index (χ0) is 17.4. The van der Waals surface area contributed by atoms with Gasteiger partial charge in [-0.1, -0.05) is 12.1 Å². The van der Waals surface area contributed by atoms with Gasteiger partial charge in [0.2, 0.25) is 0 Å². The van der Waals surface area contributed by atoms with Gasteiger partial charge in [-0.2, -0.15) is 0 Å². The van der Waals surface area contributed by atoms with Crippen LogP contribution in [-0.4, -0.2) is 20.6 Å². The van der Waals surface area contributed by atoms with E-state index in [1.807, 2.05) is 41.5 Å². The summed E-state index contributed by atoms with van der Waals surface area (Å²) in [6, 6.07) is 11.6. The normalized spacial score (nSPS) is 21.2. The number of carbonyl (C=O) groups is 1. The SMILES string of the molecule is O=C1C=C(c2ccc([N+](=O)[O-])cc2)N2C=CC=CC12c1ccccn1. The number of nitrogens with zero attached hydrogens (tertiary/aromatic N) is 3. The van der Waals surface area contributed by atoms with Gasteiger partial charge in [0.25, 0.3) is 5.69 Å². The Kier molecular flexibility index (Phi) is 3.32. The maximum absolute atomic E-state index is 12.9. The smallest absolute Gasteiger partial charge is 0.269 e. The highest BCUT2D eigenvalue weighted by Gasteiger charge is 2.49. The molecule has 1 aromatic heterocycles. The predicted octanol–water partition coefficient (Wildman–Crippen LogP) is 3.19. The molecule has 4 rings (SSSR count). The average Bonchev–Trinajstić information content (AvgIpc) is 2.97. The molecule has 0 fully saturated rings. The van der Waals surface area contributed by atoms with Gasteiger partial charge >= 0.3 is 0 Å². The van der Waals surface area contributed by atoms with Crippen LogP contribution in [0.25, 0.3) is 5.70 Å². The molecule has 0 N–H and O–H groups in total. The molecular weight excluding hydrogens is 318 g/mol. The lowest BCUT2D eigenvalue weighted by molar-refractivity contribution is -0.384. The van der Waals surface area contributed by atoms with Crippen molar-refractivity contribution in [3.63, 3.8) is 0 Å². The molecule has 1 unspecified atom stereocenters. The standard InChI is InChI=1S/C19H13N3O3/c23-18-13-16(14-6-8-15(9-7-14)22(24)25)21-12-4-2-10-19(18,21)17-5-1-3-11-20-17/h1-13H. The van der Waals surface area contributed by atoms with Crippen LogP contribution in [0.4, 0.5) is 5.69 Å². The first-order valence-electron chi connectivity index (χ1n) is 7.71. The minimum absolute atomic E-state index is 0.0127. The van der Waals surface area contributed by atoms with Crippen molar-refractivity contribution < 1.29 is 9.72 Å². The van der Waals surface area contributed by atoms with Crippen molar-refractivity contribution in [2.24, 2.45) is 0 Å². The van der Waals surface area contributed by atoms with Crippen molar-refractivity contribution in [3.05, 3.63) is 101 Å². The summed E-state index contributed by atoms with van der Waals surface area (Å²) in [6.07, 6.45) is 10.6. The first-order chi connectivity index (χ1) is 12.1. The second-order valence-corrected chi connectivity index (χ2v) is 5.75. The first-order valence-corrected chi connectivity index (χ1v) is 7.71. The maximum Gasteiger partial charge on any atom is 0.269 e. The van der Waals surface area contributed by atoms with Gasteiger partial charge in [0.1, 0.15) is 0 Å². The summed E-state index contributed by atoms with van der Waals surface area (Å²) >= 11 is 0. The molecule has 0 aliphatic carbocycles. The summed E-state index contributed by atoms with van der Waals surface area (Å²) in [7, 11) is 0. The molecule has 122 valence electrons. The molecule has 2 aliphatic rings. The Hall–Kier alpha value is -3.54. The number of nitro groups is 1. The molecule has 2 aromatic rings. The number of pyridine rings is 1. The van der Waals surface area contributed by atoms with Crippen LogP contribution < -0.4 is 0 Å². The van der Waals surface area contributed by atoms with Crippen LogP contribution in [0.3, 0.4) is 0 Å². The molecule has 2 aliphatic heterocycles. The van der Waals surface area contributed by atoms with Crippen LogP contribution in [0.5, 0.6) is 0 Å². The number of allylic oxidation sites excluding steroid dienone is 2. The van der Waals surface area contributed by atoms with E-state index < -0.39 is 10.5 Å². The summed E-state index contributed by atoms with van der Waals surface area (Å²) in [5.74, 6) is -0.0971. The Morgan fingerprint density at radius 3 is 2.56 bits per heavy atom. The van der Waals surface area contributed by atoms with Gasteiger partial charge in [0, 0.05) is 30.6 Å². The fourth-order valence-corrected chi connectivity index (χ4v) is 3.20. The van der Waals surface area contributed by atoms with E-state index in [4.69, 9.17) is 0 Å². The molecule has 6 heteroatoms. The number of hydrogen-bond donors (Lipinski definition) is 0. The molecule has 6 nitrogen and oxygen atoms in total. The Morgan fingerprint density at radius 2 is 1.88 bits per heavy atom. The molecule has 0 saturated heterocycles. The van der Waals surface area contributed by atoms with E-state index in [1.54, 1.807) is 30.5 Å². The van der Waals surface area contributed by atoms with Crippen LogP contribution in [0.15, 0.2) is 79.2 Å².